The minimum absolute atomic E-state index is 0.0157. The van der Waals surface area contributed by atoms with Gasteiger partial charge in [-0.2, -0.15) is 0 Å². The van der Waals surface area contributed by atoms with Crippen molar-refractivity contribution in [2.24, 2.45) is 5.92 Å². The van der Waals surface area contributed by atoms with Gasteiger partial charge >= 0.3 is 5.97 Å². The Balaban J connectivity index is 2.50. The molecule has 0 spiro atoms. The standard InChI is InChI=1S/C21H34O5/c1-4-25-21(24)20(23)19(22)14-13-18(12-8-9-16(2)3)26-15-17-10-6-5-7-11-17/h5-7,10-11,16,18-20,22-23H,4,8-9,12-15H2,1-3H3/t18-,19+,20-/m1/s1. The molecule has 0 heterocycles. The van der Waals surface area contributed by atoms with Crippen LogP contribution < -0.4 is 0 Å². The van der Waals surface area contributed by atoms with Gasteiger partial charge < -0.3 is 19.7 Å². The molecule has 0 radical (unpaired) electrons. The van der Waals surface area contributed by atoms with E-state index >= 15 is 0 Å². The molecule has 0 aliphatic heterocycles. The van der Waals surface area contributed by atoms with Crippen LogP contribution in [0.5, 0.6) is 0 Å². The largest absolute Gasteiger partial charge is 0.464 e. The Morgan fingerprint density at radius 2 is 1.73 bits per heavy atom. The fourth-order valence-electron chi connectivity index (χ4n) is 2.75. The van der Waals surface area contributed by atoms with E-state index in [-0.39, 0.29) is 12.7 Å². The minimum atomic E-state index is -1.50. The van der Waals surface area contributed by atoms with Gasteiger partial charge in [0.1, 0.15) is 0 Å². The Morgan fingerprint density at radius 3 is 2.35 bits per heavy atom. The lowest BCUT2D eigenvalue weighted by molar-refractivity contribution is -0.159. The van der Waals surface area contributed by atoms with E-state index in [4.69, 9.17) is 9.47 Å². The number of benzene rings is 1. The van der Waals surface area contributed by atoms with Crippen LogP contribution in [0.1, 0.15) is 58.4 Å². The first-order chi connectivity index (χ1) is 12.4. The maximum atomic E-state index is 11.5. The third kappa shape index (κ3) is 9.32. The average molecular weight is 366 g/mol. The van der Waals surface area contributed by atoms with Crippen LogP contribution in [-0.4, -0.2) is 41.1 Å². The third-order valence-electron chi connectivity index (χ3n) is 4.31. The Morgan fingerprint density at radius 1 is 1.04 bits per heavy atom. The van der Waals surface area contributed by atoms with Crippen molar-refractivity contribution >= 4 is 5.97 Å². The van der Waals surface area contributed by atoms with E-state index in [2.05, 4.69) is 13.8 Å². The van der Waals surface area contributed by atoms with E-state index in [1.54, 1.807) is 6.92 Å². The minimum Gasteiger partial charge on any atom is -0.464 e. The topological polar surface area (TPSA) is 76.0 Å². The number of carbonyl (C=O) groups is 1. The monoisotopic (exact) mass is 366 g/mol. The van der Waals surface area contributed by atoms with E-state index in [9.17, 15) is 15.0 Å². The van der Waals surface area contributed by atoms with Crippen molar-refractivity contribution < 1.29 is 24.5 Å². The third-order valence-corrected chi connectivity index (χ3v) is 4.31. The molecule has 5 heteroatoms. The second-order valence-electron chi connectivity index (χ2n) is 7.08. The second kappa shape index (κ2) is 12.8. The van der Waals surface area contributed by atoms with Gasteiger partial charge in [0.25, 0.3) is 0 Å². The predicted molar refractivity (Wildman–Crippen MR) is 102 cm³/mol. The summed E-state index contributed by atoms with van der Waals surface area (Å²) in [6, 6.07) is 9.96. The van der Waals surface area contributed by atoms with E-state index in [1.165, 1.54) is 0 Å². The fraction of sp³-hybridized carbons (Fsp3) is 0.667. The number of hydrogen-bond donors (Lipinski definition) is 2. The summed E-state index contributed by atoms with van der Waals surface area (Å²) in [7, 11) is 0. The lowest BCUT2D eigenvalue weighted by Crippen LogP contribution is -2.36. The molecular formula is C21H34O5. The van der Waals surface area contributed by atoms with Crippen LogP contribution in [0.3, 0.4) is 0 Å². The van der Waals surface area contributed by atoms with Crippen molar-refractivity contribution in [2.75, 3.05) is 6.61 Å². The Hall–Kier alpha value is -1.43. The predicted octanol–water partition coefficient (Wildman–Crippen LogP) is 3.46. The van der Waals surface area contributed by atoms with Crippen LogP contribution in [0.4, 0.5) is 0 Å². The molecule has 0 aromatic heterocycles. The van der Waals surface area contributed by atoms with Crippen molar-refractivity contribution in [3.05, 3.63) is 35.9 Å². The quantitative estimate of drug-likeness (QED) is 0.523. The van der Waals surface area contributed by atoms with Gasteiger partial charge in [-0.1, -0.05) is 57.0 Å². The van der Waals surface area contributed by atoms with Gasteiger partial charge in [-0.25, -0.2) is 4.79 Å². The van der Waals surface area contributed by atoms with E-state index in [1.807, 2.05) is 30.3 Å². The van der Waals surface area contributed by atoms with Crippen molar-refractivity contribution in [2.45, 2.75) is 77.8 Å². The van der Waals surface area contributed by atoms with E-state index in [0.29, 0.717) is 25.4 Å². The highest BCUT2D eigenvalue weighted by molar-refractivity contribution is 5.75. The number of rotatable bonds is 13. The lowest BCUT2D eigenvalue weighted by Gasteiger charge is -2.22. The van der Waals surface area contributed by atoms with Crippen LogP contribution in [0, 0.1) is 5.92 Å². The molecular weight excluding hydrogens is 332 g/mol. The molecule has 0 unspecified atom stereocenters. The van der Waals surface area contributed by atoms with Crippen molar-refractivity contribution in [3.63, 3.8) is 0 Å². The van der Waals surface area contributed by atoms with Crippen LogP contribution >= 0.6 is 0 Å². The molecule has 0 saturated heterocycles. The average Bonchev–Trinajstić information content (AvgIpc) is 2.63. The Labute approximate surface area is 157 Å². The fourth-order valence-corrected chi connectivity index (χ4v) is 2.75. The molecule has 0 aliphatic carbocycles. The molecule has 0 amide bonds. The van der Waals surface area contributed by atoms with Gasteiger partial charge in [0.2, 0.25) is 0 Å². The number of esters is 1. The first kappa shape index (κ1) is 22.6. The molecule has 0 saturated carbocycles. The summed E-state index contributed by atoms with van der Waals surface area (Å²) in [4.78, 5) is 11.5. The highest BCUT2D eigenvalue weighted by atomic mass is 16.5. The summed E-state index contributed by atoms with van der Waals surface area (Å²) in [5, 5.41) is 19.9. The molecule has 26 heavy (non-hydrogen) atoms. The van der Waals surface area contributed by atoms with Crippen molar-refractivity contribution in [3.8, 4) is 0 Å². The summed E-state index contributed by atoms with van der Waals surface area (Å²) in [5.41, 5.74) is 1.11. The van der Waals surface area contributed by atoms with Crippen LogP contribution in [0.25, 0.3) is 0 Å². The smallest absolute Gasteiger partial charge is 0.337 e. The zero-order valence-electron chi connectivity index (χ0n) is 16.3. The van der Waals surface area contributed by atoms with E-state index in [0.717, 1.165) is 24.8 Å². The number of aliphatic hydroxyl groups is 2. The van der Waals surface area contributed by atoms with Crippen molar-refractivity contribution in [1.82, 2.24) is 0 Å². The number of ether oxygens (including phenoxy) is 2. The highest BCUT2D eigenvalue weighted by Gasteiger charge is 2.26. The molecule has 0 aliphatic rings. The number of hydrogen-bond acceptors (Lipinski definition) is 5. The zero-order valence-corrected chi connectivity index (χ0v) is 16.3. The van der Waals surface area contributed by atoms with Gasteiger partial charge in [-0.15, -0.1) is 0 Å². The molecule has 2 N–H and O–H groups in total. The molecule has 5 nitrogen and oxygen atoms in total. The molecule has 1 aromatic rings. The summed E-state index contributed by atoms with van der Waals surface area (Å²) in [6.45, 7) is 6.75. The molecule has 0 fully saturated rings. The zero-order chi connectivity index (χ0) is 19.4. The lowest BCUT2D eigenvalue weighted by atomic mass is 9.99. The van der Waals surface area contributed by atoms with Gasteiger partial charge in [-0.05, 0) is 37.7 Å². The molecule has 0 bridgehead atoms. The second-order valence-corrected chi connectivity index (χ2v) is 7.08. The first-order valence-electron chi connectivity index (χ1n) is 9.62. The normalized spacial score (nSPS) is 14.8. The summed E-state index contributed by atoms with van der Waals surface area (Å²) < 4.78 is 10.8. The summed E-state index contributed by atoms with van der Waals surface area (Å²) in [5.74, 6) is -0.137. The number of aliphatic hydroxyl groups excluding tert-OH is 2. The molecule has 1 rings (SSSR count). The van der Waals surface area contributed by atoms with Crippen molar-refractivity contribution in [1.29, 1.82) is 0 Å². The van der Waals surface area contributed by atoms with Crippen LogP contribution in [0.2, 0.25) is 0 Å². The van der Waals surface area contributed by atoms with Gasteiger partial charge in [0.05, 0.1) is 25.4 Å². The van der Waals surface area contributed by atoms with Gasteiger partial charge in [0, 0.05) is 0 Å². The Kier molecular flexibility index (Phi) is 11.2. The highest BCUT2D eigenvalue weighted by Crippen LogP contribution is 2.18. The number of carbonyl (C=O) groups excluding carboxylic acids is 1. The summed E-state index contributed by atoms with van der Waals surface area (Å²) >= 11 is 0. The Bertz CT molecular complexity index is 488. The summed E-state index contributed by atoms with van der Waals surface area (Å²) in [6.07, 6.45) is 1.30. The maximum absolute atomic E-state index is 11.5. The molecule has 3 atom stereocenters. The van der Waals surface area contributed by atoms with Gasteiger partial charge in [0.15, 0.2) is 6.10 Å². The SMILES string of the molecule is CCOC(=O)[C@H](O)[C@@H](O)CC[C@@H](CCCC(C)C)OCc1ccccc1. The maximum Gasteiger partial charge on any atom is 0.337 e. The molecule has 1 aromatic carbocycles. The van der Waals surface area contributed by atoms with Crippen LogP contribution in [0.15, 0.2) is 30.3 Å². The van der Waals surface area contributed by atoms with Crippen LogP contribution in [-0.2, 0) is 20.9 Å². The van der Waals surface area contributed by atoms with E-state index < -0.39 is 18.2 Å². The van der Waals surface area contributed by atoms with Gasteiger partial charge in [-0.3, -0.25) is 0 Å². The molecule has 148 valence electrons. The first-order valence-corrected chi connectivity index (χ1v) is 9.62.